The Morgan fingerprint density at radius 2 is 2.26 bits per heavy atom. The molecular weight excluding hydrogens is 320 g/mol. The quantitative estimate of drug-likeness (QED) is 0.478. The van der Waals surface area contributed by atoms with Crippen molar-refractivity contribution in [2.24, 2.45) is 0 Å². The molecule has 0 atom stereocenters. The van der Waals surface area contributed by atoms with Gasteiger partial charge in [0.2, 0.25) is 5.76 Å². The van der Waals surface area contributed by atoms with E-state index in [1.807, 2.05) is 23.8 Å². The van der Waals surface area contributed by atoms with Gasteiger partial charge in [-0.2, -0.15) is 0 Å². The van der Waals surface area contributed by atoms with E-state index >= 15 is 0 Å². The molecule has 0 amide bonds. The largest absolute Gasteiger partial charge is 0.495 e. The number of rotatable bonds is 7. The molecule has 1 N–H and O–H groups in total. The topological polar surface area (TPSA) is 73.6 Å². The van der Waals surface area contributed by atoms with E-state index in [4.69, 9.17) is 26.2 Å². The van der Waals surface area contributed by atoms with E-state index in [1.165, 1.54) is 6.08 Å². The number of benzene rings is 1. The molecule has 0 unspecified atom stereocenters. The Kier molecular flexibility index (Phi) is 5.65. The molecule has 0 radical (unpaired) electrons. The number of ether oxygens (including phenoxy) is 2. The Hall–Kier alpha value is -2.47. The summed E-state index contributed by atoms with van der Waals surface area (Å²) in [7, 11) is 1.55. The van der Waals surface area contributed by atoms with Crippen molar-refractivity contribution in [3.05, 3.63) is 47.7 Å². The van der Waals surface area contributed by atoms with Crippen molar-refractivity contribution in [3.8, 4) is 11.4 Å². The number of carboxylic acids is 1. The molecule has 7 heteroatoms. The smallest absolute Gasteiger partial charge is 0.371 e. The van der Waals surface area contributed by atoms with Crippen molar-refractivity contribution in [1.29, 1.82) is 0 Å². The SMILES string of the molecule is COc1cc(/C=C(/OCCCl)C(=O)O)ccc1-n1cnc(C)c1. The fourth-order valence-corrected chi connectivity index (χ4v) is 2.09. The lowest BCUT2D eigenvalue weighted by Gasteiger charge is -2.10. The lowest BCUT2D eigenvalue weighted by atomic mass is 10.1. The summed E-state index contributed by atoms with van der Waals surface area (Å²) in [4.78, 5) is 15.4. The van der Waals surface area contributed by atoms with Gasteiger partial charge in [0.1, 0.15) is 12.4 Å². The van der Waals surface area contributed by atoms with Crippen LogP contribution >= 0.6 is 11.6 Å². The third-order valence-corrected chi connectivity index (χ3v) is 3.19. The maximum absolute atomic E-state index is 11.2. The molecule has 2 aromatic rings. The molecule has 0 aliphatic carbocycles. The molecule has 0 saturated carbocycles. The average Bonchev–Trinajstić information content (AvgIpc) is 2.97. The van der Waals surface area contributed by atoms with Crippen LogP contribution in [0.4, 0.5) is 0 Å². The lowest BCUT2D eigenvalue weighted by Crippen LogP contribution is -2.06. The van der Waals surface area contributed by atoms with Crippen molar-refractivity contribution in [1.82, 2.24) is 9.55 Å². The number of nitrogens with zero attached hydrogens (tertiary/aromatic N) is 2. The number of hydrogen-bond acceptors (Lipinski definition) is 4. The Labute approximate surface area is 138 Å². The molecule has 0 bridgehead atoms. The summed E-state index contributed by atoms with van der Waals surface area (Å²) in [6, 6.07) is 5.34. The summed E-state index contributed by atoms with van der Waals surface area (Å²) in [6.07, 6.45) is 4.99. The highest BCUT2D eigenvalue weighted by Crippen LogP contribution is 2.25. The highest BCUT2D eigenvalue weighted by molar-refractivity contribution is 6.18. The molecule has 6 nitrogen and oxygen atoms in total. The van der Waals surface area contributed by atoms with Gasteiger partial charge >= 0.3 is 5.97 Å². The maximum atomic E-state index is 11.2. The minimum atomic E-state index is -1.15. The van der Waals surface area contributed by atoms with E-state index in [0.717, 1.165) is 11.4 Å². The van der Waals surface area contributed by atoms with Gasteiger partial charge in [0.25, 0.3) is 0 Å². The van der Waals surface area contributed by atoms with Gasteiger partial charge in [0.05, 0.1) is 30.7 Å². The van der Waals surface area contributed by atoms with Crippen molar-refractivity contribution >= 4 is 23.6 Å². The van der Waals surface area contributed by atoms with Crippen molar-refractivity contribution in [2.45, 2.75) is 6.92 Å². The van der Waals surface area contributed by atoms with Crippen molar-refractivity contribution in [3.63, 3.8) is 0 Å². The van der Waals surface area contributed by atoms with Gasteiger partial charge in [-0.25, -0.2) is 9.78 Å². The molecule has 1 heterocycles. The van der Waals surface area contributed by atoms with Gasteiger partial charge in [-0.05, 0) is 30.7 Å². The second kappa shape index (κ2) is 7.69. The van der Waals surface area contributed by atoms with Crippen LogP contribution < -0.4 is 4.74 Å². The number of aliphatic carboxylic acids is 1. The van der Waals surface area contributed by atoms with Gasteiger partial charge in [-0.3, -0.25) is 0 Å². The number of aryl methyl sites for hydroxylation is 1. The fraction of sp³-hybridized carbons (Fsp3) is 0.250. The first kappa shape index (κ1) is 16.9. The zero-order valence-electron chi connectivity index (χ0n) is 12.8. The third-order valence-electron chi connectivity index (χ3n) is 3.04. The molecular formula is C16H17ClN2O4. The fourth-order valence-electron chi connectivity index (χ4n) is 2.02. The van der Waals surface area contributed by atoms with E-state index in [9.17, 15) is 4.79 Å². The predicted molar refractivity (Wildman–Crippen MR) is 87.1 cm³/mol. The van der Waals surface area contributed by atoms with Crippen LogP contribution in [0.15, 0.2) is 36.5 Å². The summed E-state index contributed by atoms with van der Waals surface area (Å²) in [5.74, 6) is -0.507. The van der Waals surface area contributed by atoms with Crippen molar-refractivity contribution in [2.75, 3.05) is 19.6 Å². The highest BCUT2D eigenvalue weighted by Gasteiger charge is 2.11. The number of imidazole rings is 1. The van der Waals surface area contributed by atoms with E-state index in [-0.39, 0.29) is 18.2 Å². The predicted octanol–water partition coefficient (Wildman–Crippen LogP) is 2.87. The number of methoxy groups -OCH3 is 1. The average molecular weight is 337 g/mol. The summed E-state index contributed by atoms with van der Waals surface area (Å²) in [6.45, 7) is 2.02. The Balaban J connectivity index is 2.36. The van der Waals surface area contributed by atoms with Crippen LogP contribution in [0.25, 0.3) is 11.8 Å². The van der Waals surface area contributed by atoms with Gasteiger partial charge < -0.3 is 19.1 Å². The second-order valence-corrected chi connectivity index (χ2v) is 5.08. The molecule has 0 aliphatic heterocycles. The molecule has 1 aromatic carbocycles. The molecule has 122 valence electrons. The number of alkyl halides is 1. The molecule has 0 spiro atoms. The second-order valence-electron chi connectivity index (χ2n) is 4.70. The maximum Gasteiger partial charge on any atom is 0.371 e. The van der Waals surface area contributed by atoms with Crippen LogP contribution in [0.1, 0.15) is 11.3 Å². The minimum absolute atomic E-state index is 0.128. The number of halogens is 1. The number of hydrogen-bond donors (Lipinski definition) is 1. The van der Waals surface area contributed by atoms with Gasteiger partial charge in [0.15, 0.2) is 0 Å². The molecule has 23 heavy (non-hydrogen) atoms. The molecule has 1 aromatic heterocycles. The van der Waals surface area contributed by atoms with Crippen LogP contribution in [0.5, 0.6) is 5.75 Å². The zero-order valence-corrected chi connectivity index (χ0v) is 13.6. The number of carbonyl (C=O) groups is 1. The summed E-state index contributed by atoms with van der Waals surface area (Å²) >= 11 is 5.52. The minimum Gasteiger partial charge on any atom is -0.495 e. The monoisotopic (exact) mass is 336 g/mol. The first-order valence-electron chi connectivity index (χ1n) is 6.88. The number of carboxylic acid groups (broad SMARTS) is 1. The van der Waals surface area contributed by atoms with Crippen LogP contribution in [-0.4, -0.2) is 40.2 Å². The number of aromatic nitrogens is 2. The molecule has 2 rings (SSSR count). The van der Waals surface area contributed by atoms with Gasteiger partial charge in [-0.15, -0.1) is 11.6 Å². The molecule has 0 saturated heterocycles. The van der Waals surface area contributed by atoms with E-state index < -0.39 is 5.97 Å². The zero-order chi connectivity index (χ0) is 16.8. The highest BCUT2D eigenvalue weighted by atomic mass is 35.5. The normalized spacial score (nSPS) is 11.3. The van der Waals surface area contributed by atoms with E-state index in [0.29, 0.717) is 11.3 Å². The molecule has 0 fully saturated rings. The first-order chi connectivity index (χ1) is 11.0. The van der Waals surface area contributed by atoms with E-state index in [2.05, 4.69) is 4.98 Å². The summed E-state index contributed by atoms with van der Waals surface area (Å²) in [5, 5.41) is 9.14. The Morgan fingerprint density at radius 1 is 1.48 bits per heavy atom. The lowest BCUT2D eigenvalue weighted by molar-refractivity contribution is -0.136. The summed E-state index contributed by atoms with van der Waals surface area (Å²) in [5.41, 5.74) is 2.34. The summed E-state index contributed by atoms with van der Waals surface area (Å²) < 4.78 is 12.3. The van der Waals surface area contributed by atoms with Crippen LogP contribution in [0.3, 0.4) is 0 Å². The van der Waals surface area contributed by atoms with Crippen molar-refractivity contribution < 1.29 is 19.4 Å². The molecule has 0 aliphatic rings. The Bertz CT molecular complexity index is 725. The standard InChI is InChI=1S/C16H17ClN2O4/c1-11-9-19(10-18-11)13-4-3-12(7-14(13)22-2)8-15(16(20)21)23-6-5-17/h3-4,7-10H,5-6H2,1-2H3,(H,20,21)/b15-8+. The van der Waals surface area contributed by atoms with Crippen LogP contribution in [0.2, 0.25) is 0 Å². The first-order valence-corrected chi connectivity index (χ1v) is 7.41. The van der Waals surface area contributed by atoms with Gasteiger partial charge in [0, 0.05) is 6.20 Å². The van der Waals surface area contributed by atoms with Crippen LogP contribution in [0, 0.1) is 6.92 Å². The Morgan fingerprint density at radius 3 is 2.83 bits per heavy atom. The van der Waals surface area contributed by atoms with Gasteiger partial charge in [-0.1, -0.05) is 6.07 Å². The third kappa shape index (κ3) is 4.26. The van der Waals surface area contributed by atoms with E-state index in [1.54, 1.807) is 25.6 Å². The van der Waals surface area contributed by atoms with Crippen LogP contribution in [-0.2, 0) is 9.53 Å².